The summed E-state index contributed by atoms with van der Waals surface area (Å²) in [5.74, 6) is 5.95. The van der Waals surface area contributed by atoms with Crippen molar-refractivity contribution in [2.45, 2.75) is 13.5 Å². The molecule has 1 heterocycles. The molecule has 2 aromatic carbocycles. The number of nitrogens with two attached hydrogens (primary N) is 1. The van der Waals surface area contributed by atoms with Gasteiger partial charge in [0, 0.05) is 30.6 Å². The van der Waals surface area contributed by atoms with Gasteiger partial charge >= 0.3 is 6.03 Å². The van der Waals surface area contributed by atoms with Crippen LogP contribution < -0.4 is 15.9 Å². The van der Waals surface area contributed by atoms with Crippen LogP contribution in [0.5, 0.6) is 5.88 Å². The second-order valence-corrected chi connectivity index (χ2v) is 5.92. The maximum atomic E-state index is 11.8. The van der Waals surface area contributed by atoms with E-state index in [9.17, 15) is 4.79 Å². The maximum absolute atomic E-state index is 11.8. The molecule has 0 atom stereocenters. The third kappa shape index (κ3) is 4.20. The number of ether oxygens (including phenoxy) is 1. The molecule has 7 nitrogen and oxygen atoms in total. The Morgan fingerprint density at radius 2 is 1.92 bits per heavy atom. The van der Waals surface area contributed by atoms with E-state index in [1.807, 2.05) is 55.6 Å². The molecule has 0 radical (unpaired) electrons. The molecule has 0 unspecified atom stereocenters. The molecule has 2 amide bonds. The number of hydrogen-bond acceptors (Lipinski definition) is 4. The molecule has 0 bridgehead atoms. The summed E-state index contributed by atoms with van der Waals surface area (Å²) in [4.78, 5) is 11.8. The minimum Gasteiger partial charge on any atom is -0.472 e. The number of nitrogens with zero attached hydrogens (tertiary/aromatic N) is 3. The molecule has 3 N–H and O–H groups in total. The Bertz CT molecular complexity index is 887. The zero-order chi connectivity index (χ0) is 18.5. The Kier molecular flexibility index (Phi) is 5.19. The average Bonchev–Trinajstić information content (AvgIpc) is 3.10. The summed E-state index contributed by atoms with van der Waals surface area (Å²) in [5, 5.41) is 8.15. The van der Waals surface area contributed by atoms with Crippen molar-refractivity contribution in [3.63, 3.8) is 0 Å². The Labute approximate surface area is 152 Å². The molecule has 0 fully saturated rings. The predicted molar refractivity (Wildman–Crippen MR) is 100 cm³/mol. The molecule has 0 aliphatic heterocycles. The smallest absolute Gasteiger partial charge is 0.335 e. The highest BCUT2D eigenvalue weighted by Crippen LogP contribution is 2.19. The second-order valence-electron chi connectivity index (χ2n) is 5.92. The van der Waals surface area contributed by atoms with Gasteiger partial charge in [0.05, 0.1) is 5.69 Å². The number of hydrazine groups is 1. The summed E-state index contributed by atoms with van der Waals surface area (Å²) in [5.41, 5.74) is 3.63. The fourth-order valence-electron chi connectivity index (χ4n) is 2.35. The second kappa shape index (κ2) is 7.71. The van der Waals surface area contributed by atoms with Crippen molar-refractivity contribution in [3.05, 3.63) is 71.9 Å². The summed E-state index contributed by atoms with van der Waals surface area (Å²) in [6.07, 6.45) is 1.84. The van der Waals surface area contributed by atoms with Gasteiger partial charge in [0.2, 0.25) is 5.88 Å². The number of anilines is 1. The molecule has 0 aliphatic carbocycles. The summed E-state index contributed by atoms with van der Waals surface area (Å²) in [6.45, 7) is 2.32. The van der Waals surface area contributed by atoms with E-state index in [1.165, 1.54) is 12.6 Å². The number of aromatic nitrogens is 2. The number of amides is 2. The number of urea groups is 1. The SMILES string of the molecule is Cc1ccc(-n2ccc(OCc3ccccc3NC(=O)N(C)N)n2)cc1. The molecule has 7 heteroatoms. The molecular formula is C19H21N5O2. The van der Waals surface area contributed by atoms with E-state index in [2.05, 4.69) is 10.4 Å². The first-order chi connectivity index (χ1) is 12.5. The largest absolute Gasteiger partial charge is 0.472 e. The number of carbonyl (C=O) groups excluding carboxylic acids is 1. The van der Waals surface area contributed by atoms with Crippen LogP contribution in [-0.2, 0) is 6.61 Å². The van der Waals surface area contributed by atoms with Crippen LogP contribution in [0.4, 0.5) is 10.5 Å². The summed E-state index contributed by atoms with van der Waals surface area (Å²) >= 11 is 0. The summed E-state index contributed by atoms with van der Waals surface area (Å²) < 4.78 is 7.53. The first kappa shape index (κ1) is 17.5. The molecule has 0 aliphatic rings. The zero-order valence-electron chi connectivity index (χ0n) is 14.7. The van der Waals surface area contributed by atoms with Gasteiger partial charge in [-0.2, -0.15) is 0 Å². The van der Waals surface area contributed by atoms with Crippen LogP contribution in [0.2, 0.25) is 0 Å². The van der Waals surface area contributed by atoms with Crippen LogP contribution in [0, 0.1) is 6.92 Å². The van der Waals surface area contributed by atoms with Crippen molar-refractivity contribution >= 4 is 11.7 Å². The molecule has 0 saturated heterocycles. The Balaban J connectivity index is 1.68. The third-order valence-corrected chi connectivity index (χ3v) is 3.82. The molecule has 134 valence electrons. The van der Waals surface area contributed by atoms with Gasteiger partial charge in [0.25, 0.3) is 0 Å². The Hall–Kier alpha value is -3.32. The van der Waals surface area contributed by atoms with Crippen LogP contribution in [0.15, 0.2) is 60.8 Å². The fourth-order valence-corrected chi connectivity index (χ4v) is 2.35. The highest BCUT2D eigenvalue weighted by Gasteiger charge is 2.09. The van der Waals surface area contributed by atoms with Crippen molar-refractivity contribution in [2.24, 2.45) is 5.84 Å². The van der Waals surface area contributed by atoms with Gasteiger partial charge in [-0.25, -0.2) is 15.3 Å². The van der Waals surface area contributed by atoms with Crippen molar-refractivity contribution in [2.75, 3.05) is 12.4 Å². The van der Waals surface area contributed by atoms with Gasteiger partial charge < -0.3 is 10.1 Å². The number of carbonyl (C=O) groups is 1. The molecule has 3 aromatic rings. The number of nitrogens with one attached hydrogen (secondary N) is 1. The minimum atomic E-state index is -0.402. The molecule has 0 saturated carbocycles. The number of para-hydroxylation sites is 1. The van der Waals surface area contributed by atoms with E-state index < -0.39 is 6.03 Å². The van der Waals surface area contributed by atoms with E-state index in [0.29, 0.717) is 11.6 Å². The Morgan fingerprint density at radius 3 is 2.65 bits per heavy atom. The highest BCUT2D eigenvalue weighted by molar-refractivity contribution is 5.89. The lowest BCUT2D eigenvalue weighted by Crippen LogP contribution is -2.37. The topological polar surface area (TPSA) is 85.4 Å². The number of hydrogen-bond donors (Lipinski definition) is 2. The molecule has 0 spiro atoms. The number of benzene rings is 2. The summed E-state index contributed by atoms with van der Waals surface area (Å²) in [7, 11) is 1.48. The third-order valence-electron chi connectivity index (χ3n) is 3.82. The first-order valence-electron chi connectivity index (χ1n) is 8.16. The Morgan fingerprint density at radius 1 is 1.19 bits per heavy atom. The lowest BCUT2D eigenvalue weighted by Gasteiger charge is -2.14. The van der Waals surface area contributed by atoms with Crippen LogP contribution in [0.1, 0.15) is 11.1 Å². The van der Waals surface area contributed by atoms with Gasteiger partial charge in [0.1, 0.15) is 6.61 Å². The molecule has 1 aromatic heterocycles. The van der Waals surface area contributed by atoms with E-state index in [1.54, 1.807) is 16.8 Å². The molecule has 3 rings (SSSR count). The normalized spacial score (nSPS) is 10.4. The lowest BCUT2D eigenvalue weighted by molar-refractivity contribution is 0.223. The lowest BCUT2D eigenvalue weighted by atomic mass is 10.2. The molecular weight excluding hydrogens is 330 g/mol. The maximum Gasteiger partial charge on any atom is 0.335 e. The zero-order valence-corrected chi connectivity index (χ0v) is 14.7. The molecule has 26 heavy (non-hydrogen) atoms. The fraction of sp³-hybridized carbons (Fsp3) is 0.158. The van der Waals surface area contributed by atoms with Crippen molar-refractivity contribution < 1.29 is 9.53 Å². The van der Waals surface area contributed by atoms with Crippen LogP contribution in [0.25, 0.3) is 5.69 Å². The average molecular weight is 351 g/mol. The number of rotatable bonds is 5. The van der Waals surface area contributed by atoms with Gasteiger partial charge in [-0.05, 0) is 25.1 Å². The van der Waals surface area contributed by atoms with Crippen molar-refractivity contribution in [1.82, 2.24) is 14.8 Å². The van der Waals surface area contributed by atoms with E-state index >= 15 is 0 Å². The van der Waals surface area contributed by atoms with Gasteiger partial charge in [-0.15, -0.1) is 5.10 Å². The number of aryl methyl sites for hydroxylation is 1. The quantitative estimate of drug-likeness (QED) is 0.420. The van der Waals surface area contributed by atoms with Crippen molar-refractivity contribution in [3.8, 4) is 11.6 Å². The standard InChI is InChI=1S/C19H21N5O2/c1-14-7-9-16(10-8-14)24-12-11-18(22-24)26-13-15-5-3-4-6-17(15)21-19(25)23(2)20/h3-12H,13,20H2,1-2H3,(H,21,25). The van der Waals surface area contributed by atoms with Crippen LogP contribution in [0.3, 0.4) is 0 Å². The highest BCUT2D eigenvalue weighted by atomic mass is 16.5. The van der Waals surface area contributed by atoms with Gasteiger partial charge in [-0.3, -0.25) is 5.01 Å². The first-order valence-corrected chi connectivity index (χ1v) is 8.16. The minimum absolute atomic E-state index is 0.273. The predicted octanol–water partition coefficient (Wildman–Crippen LogP) is 3.10. The van der Waals surface area contributed by atoms with Gasteiger partial charge in [0.15, 0.2) is 0 Å². The van der Waals surface area contributed by atoms with Gasteiger partial charge in [-0.1, -0.05) is 35.9 Å². The monoisotopic (exact) mass is 351 g/mol. The van der Waals surface area contributed by atoms with E-state index in [-0.39, 0.29) is 6.61 Å². The van der Waals surface area contributed by atoms with Crippen molar-refractivity contribution in [1.29, 1.82) is 0 Å². The van der Waals surface area contributed by atoms with Crippen LogP contribution >= 0.6 is 0 Å². The van der Waals surface area contributed by atoms with E-state index in [4.69, 9.17) is 10.6 Å². The van der Waals surface area contributed by atoms with E-state index in [0.717, 1.165) is 16.3 Å². The van der Waals surface area contributed by atoms with Crippen LogP contribution in [-0.4, -0.2) is 27.9 Å². The summed E-state index contributed by atoms with van der Waals surface area (Å²) in [6, 6.07) is 16.9.